The lowest BCUT2D eigenvalue weighted by Gasteiger charge is -2.24. The molecule has 2 amide bonds. The van der Waals surface area contributed by atoms with Gasteiger partial charge in [-0.25, -0.2) is 9.78 Å². The van der Waals surface area contributed by atoms with Gasteiger partial charge in [-0.1, -0.05) is 41.1 Å². The molecule has 26 heavy (non-hydrogen) atoms. The van der Waals surface area contributed by atoms with Gasteiger partial charge < -0.3 is 9.64 Å². The lowest BCUT2D eigenvalue weighted by atomic mass is 10.2. The molecule has 0 aliphatic carbocycles. The van der Waals surface area contributed by atoms with E-state index in [4.69, 9.17) is 16.3 Å². The van der Waals surface area contributed by atoms with Crippen molar-refractivity contribution in [2.45, 2.75) is 13.0 Å². The highest BCUT2D eigenvalue weighted by Crippen LogP contribution is 2.36. The predicted molar refractivity (Wildman–Crippen MR) is 103 cm³/mol. The van der Waals surface area contributed by atoms with Crippen molar-refractivity contribution in [3.63, 3.8) is 0 Å². The number of thiophene rings is 1. The summed E-state index contributed by atoms with van der Waals surface area (Å²) in [6.07, 6.45) is 0.284. The van der Waals surface area contributed by atoms with Crippen LogP contribution in [0.3, 0.4) is 0 Å². The number of ether oxygens (including phenoxy) is 1. The molecule has 134 valence electrons. The van der Waals surface area contributed by atoms with E-state index in [0.29, 0.717) is 34.5 Å². The van der Waals surface area contributed by atoms with E-state index in [1.54, 1.807) is 4.90 Å². The number of rotatable bonds is 2. The molecule has 6 nitrogen and oxygen atoms in total. The van der Waals surface area contributed by atoms with Crippen LogP contribution in [-0.4, -0.2) is 35.5 Å². The molecule has 0 atom stereocenters. The summed E-state index contributed by atoms with van der Waals surface area (Å²) in [6, 6.07) is 7.64. The Hall–Kier alpha value is -2.16. The summed E-state index contributed by atoms with van der Waals surface area (Å²) in [5, 5.41) is 4.68. The molecular formula is C17H14ClN3O3S2. The number of nitrogens with one attached hydrogen (secondary N) is 1. The van der Waals surface area contributed by atoms with Gasteiger partial charge in [-0.15, -0.1) is 11.3 Å². The van der Waals surface area contributed by atoms with E-state index in [2.05, 4.69) is 10.3 Å². The molecule has 1 aliphatic rings. The lowest BCUT2D eigenvalue weighted by molar-refractivity contribution is 0.103. The third-order valence-electron chi connectivity index (χ3n) is 4.13. The quantitative estimate of drug-likeness (QED) is 0.683. The largest absolute Gasteiger partial charge is 0.453 e. The zero-order valence-corrected chi connectivity index (χ0v) is 16.1. The summed E-state index contributed by atoms with van der Waals surface area (Å²) in [4.78, 5) is 31.8. The van der Waals surface area contributed by atoms with Crippen molar-refractivity contribution in [3.05, 3.63) is 44.7 Å². The lowest BCUT2D eigenvalue weighted by Crippen LogP contribution is -2.35. The molecule has 3 aromatic rings. The van der Waals surface area contributed by atoms with Crippen molar-refractivity contribution in [2.75, 3.05) is 19.0 Å². The Bertz CT molecular complexity index is 1010. The van der Waals surface area contributed by atoms with Crippen LogP contribution in [0.15, 0.2) is 24.3 Å². The fraction of sp³-hybridized carbons (Fsp3) is 0.235. The third-order valence-corrected chi connectivity index (χ3v) is 6.80. The second-order valence-corrected chi connectivity index (χ2v) is 8.24. The molecule has 0 unspecified atom stereocenters. The van der Waals surface area contributed by atoms with Gasteiger partial charge in [0.1, 0.15) is 4.88 Å². The number of benzene rings is 1. The fourth-order valence-corrected chi connectivity index (χ4v) is 5.28. The van der Waals surface area contributed by atoms with Crippen molar-refractivity contribution >= 4 is 61.5 Å². The SMILES string of the molecule is COC(=O)N1CCc2nc(NC(=O)c3sc4ccccc4c3Cl)sc2C1. The standard InChI is InChI=1S/C17H14ClN3O3S2/c1-24-17(23)21-7-6-10-12(8-21)26-16(19-10)20-15(22)14-13(18)9-4-2-3-5-11(9)25-14/h2-5H,6-8H2,1H3,(H,19,20,22). The summed E-state index contributed by atoms with van der Waals surface area (Å²) >= 11 is 9.09. The van der Waals surface area contributed by atoms with Crippen molar-refractivity contribution in [2.24, 2.45) is 0 Å². The highest BCUT2D eigenvalue weighted by atomic mass is 35.5. The molecule has 1 aromatic carbocycles. The zero-order valence-electron chi connectivity index (χ0n) is 13.7. The first-order valence-electron chi connectivity index (χ1n) is 7.86. The smallest absolute Gasteiger partial charge is 0.409 e. The van der Waals surface area contributed by atoms with Gasteiger partial charge in [0.25, 0.3) is 5.91 Å². The molecule has 2 aromatic heterocycles. The second kappa shape index (κ2) is 6.86. The van der Waals surface area contributed by atoms with E-state index in [1.165, 1.54) is 29.8 Å². The molecule has 1 N–H and O–H groups in total. The van der Waals surface area contributed by atoms with Crippen LogP contribution in [0.4, 0.5) is 9.93 Å². The summed E-state index contributed by atoms with van der Waals surface area (Å²) < 4.78 is 5.73. The molecule has 1 aliphatic heterocycles. The minimum absolute atomic E-state index is 0.271. The maximum absolute atomic E-state index is 12.6. The number of anilines is 1. The first kappa shape index (κ1) is 17.3. The van der Waals surface area contributed by atoms with E-state index in [-0.39, 0.29) is 12.0 Å². The predicted octanol–water partition coefficient (Wildman–Crippen LogP) is 4.39. The number of hydrogen-bond donors (Lipinski definition) is 1. The number of methoxy groups -OCH3 is 1. The van der Waals surface area contributed by atoms with Crippen LogP contribution in [0.1, 0.15) is 20.2 Å². The highest BCUT2D eigenvalue weighted by Gasteiger charge is 2.25. The van der Waals surface area contributed by atoms with Gasteiger partial charge >= 0.3 is 6.09 Å². The second-order valence-electron chi connectivity index (χ2n) is 5.73. The third kappa shape index (κ3) is 3.04. The Morgan fingerprint density at radius 2 is 2.12 bits per heavy atom. The Morgan fingerprint density at radius 1 is 1.31 bits per heavy atom. The Labute approximate surface area is 162 Å². The van der Waals surface area contributed by atoms with E-state index in [0.717, 1.165) is 20.7 Å². The normalized spacial score (nSPS) is 13.5. The highest BCUT2D eigenvalue weighted by molar-refractivity contribution is 7.22. The fourth-order valence-electron chi connectivity index (χ4n) is 2.85. The molecule has 4 rings (SSSR count). The molecule has 0 bridgehead atoms. The molecular weight excluding hydrogens is 394 g/mol. The first-order valence-corrected chi connectivity index (χ1v) is 9.87. The summed E-state index contributed by atoms with van der Waals surface area (Å²) in [5.41, 5.74) is 0.910. The van der Waals surface area contributed by atoms with E-state index >= 15 is 0 Å². The van der Waals surface area contributed by atoms with Crippen LogP contribution >= 0.6 is 34.3 Å². The Kier molecular flexibility index (Phi) is 4.56. The zero-order chi connectivity index (χ0) is 18.3. The van der Waals surface area contributed by atoms with Gasteiger partial charge in [-0.05, 0) is 6.07 Å². The van der Waals surface area contributed by atoms with E-state index < -0.39 is 0 Å². The number of halogens is 1. The van der Waals surface area contributed by atoms with E-state index in [1.807, 2.05) is 24.3 Å². The summed E-state index contributed by atoms with van der Waals surface area (Å²) in [5.74, 6) is -0.271. The van der Waals surface area contributed by atoms with Gasteiger partial charge in [0.2, 0.25) is 0 Å². The molecule has 0 spiro atoms. The van der Waals surface area contributed by atoms with Crippen LogP contribution in [-0.2, 0) is 17.7 Å². The summed E-state index contributed by atoms with van der Waals surface area (Å²) in [6.45, 7) is 0.998. The molecule has 0 saturated heterocycles. The number of carbonyl (C=O) groups is 2. The number of carbonyl (C=O) groups excluding carboxylic acids is 2. The van der Waals surface area contributed by atoms with Gasteiger partial charge in [-0.3, -0.25) is 10.1 Å². The average Bonchev–Trinajstić information content (AvgIpc) is 3.21. The maximum atomic E-state index is 12.6. The number of fused-ring (bicyclic) bond motifs is 2. The Balaban J connectivity index is 1.55. The Morgan fingerprint density at radius 3 is 2.88 bits per heavy atom. The van der Waals surface area contributed by atoms with Crippen LogP contribution in [0.25, 0.3) is 10.1 Å². The topological polar surface area (TPSA) is 71.5 Å². The van der Waals surface area contributed by atoms with Crippen LogP contribution in [0, 0.1) is 0 Å². The monoisotopic (exact) mass is 407 g/mol. The molecule has 0 saturated carbocycles. The van der Waals surface area contributed by atoms with Crippen LogP contribution in [0.5, 0.6) is 0 Å². The number of aromatic nitrogens is 1. The molecule has 3 heterocycles. The molecule has 9 heteroatoms. The van der Waals surface area contributed by atoms with E-state index in [9.17, 15) is 9.59 Å². The minimum atomic E-state index is -0.355. The first-order chi connectivity index (χ1) is 12.6. The minimum Gasteiger partial charge on any atom is -0.453 e. The van der Waals surface area contributed by atoms with Gasteiger partial charge in [0.05, 0.1) is 24.4 Å². The van der Waals surface area contributed by atoms with Crippen LogP contribution in [0.2, 0.25) is 5.02 Å². The van der Waals surface area contributed by atoms with Crippen molar-refractivity contribution < 1.29 is 14.3 Å². The van der Waals surface area contributed by atoms with Crippen molar-refractivity contribution in [1.29, 1.82) is 0 Å². The van der Waals surface area contributed by atoms with Crippen molar-refractivity contribution in [3.8, 4) is 0 Å². The number of nitrogens with zero attached hydrogens (tertiary/aromatic N) is 2. The van der Waals surface area contributed by atoms with Gasteiger partial charge in [0, 0.05) is 27.9 Å². The molecule has 0 fully saturated rings. The average molecular weight is 408 g/mol. The van der Waals surface area contributed by atoms with Gasteiger partial charge in [0.15, 0.2) is 5.13 Å². The molecule has 0 radical (unpaired) electrons. The number of amides is 2. The maximum Gasteiger partial charge on any atom is 0.409 e. The van der Waals surface area contributed by atoms with Crippen molar-refractivity contribution in [1.82, 2.24) is 9.88 Å². The number of hydrogen-bond acceptors (Lipinski definition) is 6. The van der Waals surface area contributed by atoms with Gasteiger partial charge in [-0.2, -0.15) is 0 Å². The van der Waals surface area contributed by atoms with Crippen LogP contribution < -0.4 is 5.32 Å². The number of thiazole rings is 1. The summed E-state index contributed by atoms with van der Waals surface area (Å²) in [7, 11) is 1.37.